The van der Waals surface area contributed by atoms with Crippen LogP contribution in [0.25, 0.3) is 17.2 Å². The normalized spacial score (nSPS) is 17.1. The average Bonchev–Trinajstić information content (AvgIpc) is 2.70. The van der Waals surface area contributed by atoms with Gasteiger partial charge in [0, 0.05) is 5.56 Å². The first-order valence-corrected chi connectivity index (χ1v) is 11.6. The third-order valence-electron chi connectivity index (χ3n) is 6.36. The van der Waals surface area contributed by atoms with E-state index in [2.05, 4.69) is 38.5 Å². The van der Waals surface area contributed by atoms with Gasteiger partial charge in [-0.25, -0.2) is 0 Å². The van der Waals surface area contributed by atoms with E-state index in [4.69, 9.17) is 5.73 Å². The summed E-state index contributed by atoms with van der Waals surface area (Å²) in [4.78, 5) is 22.6. The van der Waals surface area contributed by atoms with Gasteiger partial charge in [-0.05, 0) is 94.4 Å². The summed E-state index contributed by atoms with van der Waals surface area (Å²) in [7, 11) is 0. The van der Waals surface area contributed by atoms with Crippen molar-refractivity contribution in [3.05, 3.63) is 57.5 Å². The lowest BCUT2D eigenvalue weighted by Crippen LogP contribution is -2.34. The first-order valence-electron chi connectivity index (χ1n) is 10.8. The number of allylic oxidation sites excluding steroid dienone is 1. The summed E-state index contributed by atoms with van der Waals surface area (Å²) in [5.74, 6) is -0.337. The molecule has 0 aliphatic heterocycles. The number of carbonyl (C=O) groups is 2. The topological polar surface area (TPSA) is 69.4 Å². The van der Waals surface area contributed by atoms with Crippen molar-refractivity contribution in [3.63, 3.8) is 0 Å². The molecule has 0 aromatic heterocycles. The van der Waals surface area contributed by atoms with Crippen LogP contribution in [0.1, 0.15) is 62.8 Å². The summed E-state index contributed by atoms with van der Waals surface area (Å²) in [6.45, 7) is 10.5. The fraction of sp³-hybridized carbons (Fsp3) is 0.385. The molecular weight excluding hydrogens is 463 g/mol. The molecule has 2 aromatic rings. The minimum absolute atomic E-state index is 0.0468. The van der Waals surface area contributed by atoms with Gasteiger partial charge in [0.2, 0.25) is 0 Å². The van der Waals surface area contributed by atoms with Crippen molar-refractivity contribution >= 4 is 29.4 Å². The van der Waals surface area contributed by atoms with Gasteiger partial charge in [-0.1, -0.05) is 39.8 Å². The number of alkyl halides is 3. The van der Waals surface area contributed by atoms with E-state index in [9.17, 15) is 22.8 Å². The van der Waals surface area contributed by atoms with Crippen molar-refractivity contribution in [3.8, 4) is 16.9 Å². The van der Waals surface area contributed by atoms with Gasteiger partial charge in [-0.15, -0.1) is 13.2 Å². The van der Waals surface area contributed by atoms with Crippen LogP contribution in [0, 0.1) is 6.92 Å². The number of halogens is 3. The molecule has 0 spiro atoms. The molecule has 0 radical (unpaired) electrons. The highest BCUT2D eigenvalue weighted by molar-refractivity contribution is 8.17. The molecule has 3 rings (SSSR count). The maximum Gasteiger partial charge on any atom is 0.573 e. The standard InChI is InChI=1S/C26H28F3NO3S/c1-15-10-20-21(25(4,5)9-8-24(20,2)3)13-18(15)19-12-16(11-17(14-31)34-23(30)32)6-7-22(19)33-26(27,28)29/h6-7,10-14H,8-9H2,1-5H3,(H2,30,32)/b17-11-. The number of carbonyl (C=O) groups excluding carboxylic acids is 2. The van der Waals surface area contributed by atoms with Crippen LogP contribution in [0.2, 0.25) is 0 Å². The van der Waals surface area contributed by atoms with Gasteiger partial charge >= 0.3 is 6.36 Å². The molecule has 0 saturated heterocycles. The van der Waals surface area contributed by atoms with E-state index in [1.54, 1.807) is 0 Å². The number of hydrogen-bond acceptors (Lipinski definition) is 4. The summed E-state index contributed by atoms with van der Waals surface area (Å²) in [5, 5.41) is -0.758. The van der Waals surface area contributed by atoms with Gasteiger partial charge < -0.3 is 10.5 Å². The van der Waals surface area contributed by atoms with Gasteiger partial charge in [0.25, 0.3) is 5.24 Å². The molecule has 0 saturated carbocycles. The number of rotatable bonds is 5. The SMILES string of the molecule is Cc1cc2c(cc1-c1cc(/C=C(/C=O)SC(N)=O)ccc1OC(F)(F)F)C(C)(C)CCC2(C)C. The number of benzene rings is 2. The Kier molecular flexibility index (Phi) is 6.95. The van der Waals surface area contributed by atoms with Crippen LogP contribution in [0.4, 0.5) is 18.0 Å². The van der Waals surface area contributed by atoms with E-state index in [1.165, 1.54) is 29.8 Å². The highest BCUT2D eigenvalue weighted by Crippen LogP contribution is 2.48. The maximum atomic E-state index is 13.2. The number of aldehydes is 1. The van der Waals surface area contributed by atoms with Gasteiger partial charge in [0.1, 0.15) is 5.75 Å². The number of fused-ring (bicyclic) bond motifs is 1. The van der Waals surface area contributed by atoms with E-state index in [0.717, 1.165) is 24.0 Å². The van der Waals surface area contributed by atoms with Crippen LogP contribution in [0.5, 0.6) is 5.75 Å². The molecule has 182 valence electrons. The van der Waals surface area contributed by atoms with E-state index in [1.807, 2.05) is 13.0 Å². The Balaban J connectivity index is 2.25. The molecule has 0 bridgehead atoms. The smallest absolute Gasteiger partial charge is 0.405 e. The molecule has 0 fully saturated rings. The number of thioether (sulfide) groups is 1. The molecule has 2 N–H and O–H groups in total. The van der Waals surface area contributed by atoms with Gasteiger partial charge in [-0.3, -0.25) is 9.59 Å². The van der Waals surface area contributed by atoms with Crippen molar-refractivity contribution in [2.45, 2.75) is 64.7 Å². The first kappa shape index (κ1) is 25.9. The quantitative estimate of drug-likeness (QED) is 0.353. The van der Waals surface area contributed by atoms with E-state index < -0.39 is 11.6 Å². The van der Waals surface area contributed by atoms with Crippen LogP contribution < -0.4 is 10.5 Å². The summed E-state index contributed by atoms with van der Waals surface area (Å²) in [5.41, 5.74) is 9.38. The van der Waals surface area contributed by atoms with Crippen LogP contribution in [0.15, 0.2) is 35.2 Å². The number of amides is 1. The second kappa shape index (κ2) is 9.13. The average molecular weight is 492 g/mol. The zero-order chi connectivity index (χ0) is 25.5. The monoisotopic (exact) mass is 491 g/mol. The number of ether oxygens (including phenoxy) is 1. The van der Waals surface area contributed by atoms with Gasteiger partial charge in [0.05, 0.1) is 4.91 Å². The Hall–Kier alpha value is -2.74. The predicted molar refractivity (Wildman–Crippen MR) is 130 cm³/mol. The lowest BCUT2D eigenvalue weighted by atomic mass is 9.62. The molecule has 1 aliphatic carbocycles. The Morgan fingerprint density at radius 2 is 1.62 bits per heavy atom. The Morgan fingerprint density at radius 1 is 1.03 bits per heavy atom. The molecule has 8 heteroatoms. The minimum atomic E-state index is -4.87. The highest BCUT2D eigenvalue weighted by Gasteiger charge is 2.38. The zero-order valence-electron chi connectivity index (χ0n) is 19.8. The van der Waals surface area contributed by atoms with Gasteiger partial charge in [0.15, 0.2) is 6.29 Å². The minimum Gasteiger partial charge on any atom is -0.405 e. The fourth-order valence-corrected chi connectivity index (χ4v) is 4.92. The third kappa shape index (κ3) is 5.66. The van der Waals surface area contributed by atoms with Crippen molar-refractivity contribution in [2.75, 3.05) is 0 Å². The first-order chi connectivity index (χ1) is 15.6. The van der Waals surface area contributed by atoms with Crippen LogP contribution in [0.3, 0.4) is 0 Å². The number of aryl methyl sites for hydroxylation is 1. The van der Waals surface area contributed by atoms with Crippen LogP contribution in [-0.2, 0) is 15.6 Å². The number of hydrogen-bond donors (Lipinski definition) is 1. The maximum absolute atomic E-state index is 13.2. The molecular formula is C26H28F3NO3S. The second-order valence-corrected chi connectivity index (χ2v) is 10.9. The van der Waals surface area contributed by atoms with Crippen molar-refractivity contribution < 1.29 is 27.5 Å². The summed E-state index contributed by atoms with van der Waals surface area (Å²) in [6.07, 6.45) is -1.02. The molecule has 4 nitrogen and oxygen atoms in total. The predicted octanol–water partition coefficient (Wildman–Crippen LogP) is 7.26. The molecule has 0 atom stereocenters. The number of primary amides is 1. The summed E-state index contributed by atoms with van der Waals surface area (Å²) < 4.78 is 44.0. The van der Waals surface area contributed by atoms with E-state index >= 15 is 0 Å². The molecule has 0 unspecified atom stereocenters. The van der Waals surface area contributed by atoms with Crippen LogP contribution in [-0.4, -0.2) is 17.9 Å². The van der Waals surface area contributed by atoms with Crippen molar-refractivity contribution in [1.29, 1.82) is 0 Å². The second-order valence-electron chi connectivity index (χ2n) is 9.87. The number of nitrogens with two attached hydrogens (primary N) is 1. The van der Waals surface area contributed by atoms with Crippen LogP contribution >= 0.6 is 11.8 Å². The van der Waals surface area contributed by atoms with E-state index in [0.29, 0.717) is 29.2 Å². The fourth-order valence-electron chi connectivity index (χ4n) is 4.44. The zero-order valence-corrected chi connectivity index (χ0v) is 20.6. The molecule has 1 amide bonds. The third-order valence-corrected chi connectivity index (χ3v) is 7.01. The molecule has 1 aliphatic rings. The lowest BCUT2D eigenvalue weighted by molar-refractivity contribution is -0.274. The van der Waals surface area contributed by atoms with Crippen molar-refractivity contribution in [2.24, 2.45) is 5.73 Å². The Labute approximate surface area is 201 Å². The summed E-state index contributed by atoms with van der Waals surface area (Å²) >= 11 is 0.552. The Bertz CT molecular complexity index is 1170. The van der Waals surface area contributed by atoms with E-state index in [-0.39, 0.29) is 27.0 Å². The Morgan fingerprint density at radius 3 is 2.15 bits per heavy atom. The van der Waals surface area contributed by atoms with Gasteiger partial charge in [-0.2, -0.15) is 0 Å². The molecule has 34 heavy (non-hydrogen) atoms. The summed E-state index contributed by atoms with van der Waals surface area (Å²) in [6, 6.07) is 8.18. The lowest BCUT2D eigenvalue weighted by Gasteiger charge is -2.42. The molecule has 2 aromatic carbocycles. The largest absolute Gasteiger partial charge is 0.573 e. The molecule has 0 heterocycles. The highest BCUT2D eigenvalue weighted by atomic mass is 32.2. The van der Waals surface area contributed by atoms with Crippen molar-refractivity contribution in [1.82, 2.24) is 0 Å².